The van der Waals surface area contributed by atoms with Crippen LogP contribution in [-0.2, 0) is 11.2 Å². The first-order valence-electron chi connectivity index (χ1n) is 7.20. The minimum Gasteiger partial charge on any atom is -0.444 e. The number of halogens is 2. The summed E-state index contributed by atoms with van der Waals surface area (Å²) in [4.78, 5) is 15.8. The van der Waals surface area contributed by atoms with Gasteiger partial charge in [0.05, 0.1) is 12.0 Å². The zero-order valence-electron chi connectivity index (χ0n) is 13.3. The Bertz CT molecular complexity index is 695. The van der Waals surface area contributed by atoms with E-state index in [2.05, 4.69) is 26.2 Å². The van der Waals surface area contributed by atoms with E-state index in [4.69, 9.17) is 16.3 Å². The Morgan fingerprint density at radius 3 is 2.87 bits per heavy atom. The van der Waals surface area contributed by atoms with Crippen molar-refractivity contribution in [3.8, 4) is 5.69 Å². The van der Waals surface area contributed by atoms with E-state index >= 15 is 0 Å². The molecule has 1 N–H and O–H groups in total. The lowest BCUT2D eigenvalue weighted by atomic mass is 10.2. The minimum absolute atomic E-state index is 0.424. The molecule has 0 bridgehead atoms. The van der Waals surface area contributed by atoms with Crippen LogP contribution in [0, 0.1) is 0 Å². The molecule has 2 rings (SSSR count). The summed E-state index contributed by atoms with van der Waals surface area (Å²) in [6.45, 7) is 5.95. The Labute approximate surface area is 149 Å². The van der Waals surface area contributed by atoms with Gasteiger partial charge in [0.1, 0.15) is 5.60 Å². The Morgan fingerprint density at radius 2 is 2.17 bits per heavy atom. The number of imidazole rings is 1. The van der Waals surface area contributed by atoms with Gasteiger partial charge in [0.25, 0.3) is 0 Å². The third-order valence-corrected chi connectivity index (χ3v) is 3.84. The molecule has 1 heterocycles. The van der Waals surface area contributed by atoms with Crippen LogP contribution in [0.2, 0.25) is 5.02 Å². The maximum atomic E-state index is 11.7. The number of benzene rings is 1. The Morgan fingerprint density at radius 1 is 1.43 bits per heavy atom. The molecule has 2 aromatic rings. The van der Waals surface area contributed by atoms with Crippen LogP contribution in [0.3, 0.4) is 0 Å². The van der Waals surface area contributed by atoms with E-state index in [0.717, 1.165) is 15.9 Å². The molecule has 0 unspecified atom stereocenters. The van der Waals surface area contributed by atoms with Gasteiger partial charge in [-0.3, -0.25) is 0 Å². The fraction of sp³-hybridized carbons (Fsp3) is 0.375. The van der Waals surface area contributed by atoms with Crippen LogP contribution >= 0.6 is 27.5 Å². The molecule has 7 heteroatoms. The van der Waals surface area contributed by atoms with Crippen LogP contribution in [0.25, 0.3) is 5.69 Å². The lowest BCUT2D eigenvalue weighted by molar-refractivity contribution is 0.0528. The lowest BCUT2D eigenvalue weighted by Crippen LogP contribution is -2.33. The summed E-state index contributed by atoms with van der Waals surface area (Å²) in [6.07, 6.45) is 3.69. The number of aromatic nitrogens is 2. The van der Waals surface area contributed by atoms with Crippen molar-refractivity contribution in [2.75, 3.05) is 6.54 Å². The molecule has 1 aromatic carbocycles. The van der Waals surface area contributed by atoms with Crippen LogP contribution in [0.5, 0.6) is 0 Å². The van der Waals surface area contributed by atoms with Gasteiger partial charge < -0.3 is 14.6 Å². The summed E-state index contributed by atoms with van der Waals surface area (Å²) in [5.74, 6) is 0. The van der Waals surface area contributed by atoms with Gasteiger partial charge in [-0.2, -0.15) is 0 Å². The lowest BCUT2D eigenvalue weighted by Gasteiger charge is -2.19. The van der Waals surface area contributed by atoms with E-state index in [-0.39, 0.29) is 0 Å². The predicted octanol–water partition coefficient (Wildman–Crippen LogP) is 4.36. The van der Waals surface area contributed by atoms with E-state index in [0.29, 0.717) is 18.0 Å². The van der Waals surface area contributed by atoms with Crippen molar-refractivity contribution in [3.63, 3.8) is 0 Å². The van der Waals surface area contributed by atoms with Crippen LogP contribution in [0.15, 0.2) is 35.2 Å². The highest BCUT2D eigenvalue weighted by molar-refractivity contribution is 9.10. The predicted molar refractivity (Wildman–Crippen MR) is 94.2 cm³/mol. The van der Waals surface area contributed by atoms with E-state index in [1.54, 1.807) is 12.5 Å². The van der Waals surface area contributed by atoms with Gasteiger partial charge in [-0.1, -0.05) is 11.6 Å². The first-order valence-corrected chi connectivity index (χ1v) is 8.37. The molecule has 1 aromatic heterocycles. The van der Waals surface area contributed by atoms with Gasteiger partial charge in [-0.15, -0.1) is 0 Å². The first kappa shape index (κ1) is 17.8. The van der Waals surface area contributed by atoms with Crippen LogP contribution in [0.1, 0.15) is 26.5 Å². The van der Waals surface area contributed by atoms with Crippen LogP contribution in [-0.4, -0.2) is 27.8 Å². The summed E-state index contributed by atoms with van der Waals surface area (Å²) in [5, 5.41) is 3.39. The second-order valence-electron chi connectivity index (χ2n) is 6.03. The van der Waals surface area contributed by atoms with E-state index < -0.39 is 11.7 Å². The molecule has 0 aliphatic carbocycles. The average molecular weight is 401 g/mol. The topological polar surface area (TPSA) is 56.1 Å². The standard InChI is InChI=1S/C16H19BrClN3O2/c1-16(2,3)23-15(22)20-7-6-12-9-19-10-21(12)14-8-11(18)4-5-13(14)17/h4-5,8-10H,6-7H2,1-3H3,(H,20,22). The van der Waals surface area contributed by atoms with Crippen LogP contribution < -0.4 is 5.32 Å². The van der Waals surface area contributed by atoms with Gasteiger partial charge in [-0.25, -0.2) is 9.78 Å². The SMILES string of the molecule is CC(C)(C)OC(=O)NCCc1cncn1-c1cc(Cl)ccc1Br. The highest BCUT2D eigenvalue weighted by Gasteiger charge is 2.16. The number of alkyl carbamates (subject to hydrolysis) is 1. The number of carbonyl (C=O) groups excluding carboxylic acids is 1. The average Bonchev–Trinajstić information content (AvgIpc) is 2.88. The van der Waals surface area contributed by atoms with E-state index in [1.807, 2.05) is 43.5 Å². The smallest absolute Gasteiger partial charge is 0.407 e. The number of hydrogen-bond donors (Lipinski definition) is 1. The summed E-state index contributed by atoms with van der Waals surface area (Å²) in [5.41, 5.74) is 1.36. The minimum atomic E-state index is -0.502. The quantitative estimate of drug-likeness (QED) is 0.830. The Balaban J connectivity index is 2.02. The fourth-order valence-electron chi connectivity index (χ4n) is 2.00. The van der Waals surface area contributed by atoms with Gasteiger partial charge >= 0.3 is 6.09 Å². The zero-order valence-corrected chi connectivity index (χ0v) is 15.6. The van der Waals surface area contributed by atoms with Crippen molar-refractivity contribution in [2.45, 2.75) is 32.8 Å². The fourth-order valence-corrected chi connectivity index (χ4v) is 2.61. The number of carbonyl (C=O) groups is 1. The van der Waals surface area contributed by atoms with Gasteiger partial charge in [-0.05, 0) is 54.9 Å². The number of hydrogen-bond acceptors (Lipinski definition) is 3. The largest absolute Gasteiger partial charge is 0.444 e. The molecule has 0 aliphatic heterocycles. The molecular weight excluding hydrogens is 382 g/mol. The maximum absolute atomic E-state index is 11.7. The van der Waals surface area contributed by atoms with Gasteiger partial charge in [0.15, 0.2) is 0 Å². The summed E-state index contributed by atoms with van der Waals surface area (Å²) in [6, 6.07) is 5.56. The number of rotatable bonds is 4. The second kappa shape index (κ2) is 7.36. The maximum Gasteiger partial charge on any atom is 0.407 e. The van der Waals surface area contributed by atoms with Crippen molar-refractivity contribution >= 4 is 33.6 Å². The molecule has 0 fully saturated rings. The number of nitrogens with one attached hydrogen (secondary N) is 1. The molecule has 0 aliphatic rings. The zero-order chi connectivity index (χ0) is 17.0. The van der Waals surface area contributed by atoms with Gasteiger partial charge in [0, 0.05) is 34.4 Å². The first-order chi connectivity index (χ1) is 10.8. The third kappa shape index (κ3) is 5.25. The molecule has 0 saturated heterocycles. The van der Waals surface area contributed by atoms with Crippen LogP contribution in [0.4, 0.5) is 4.79 Å². The van der Waals surface area contributed by atoms with Crippen molar-refractivity contribution in [1.29, 1.82) is 0 Å². The summed E-state index contributed by atoms with van der Waals surface area (Å²) >= 11 is 9.58. The Hall–Kier alpha value is -1.53. The second-order valence-corrected chi connectivity index (χ2v) is 7.32. The number of nitrogens with zero attached hydrogens (tertiary/aromatic N) is 2. The van der Waals surface area contributed by atoms with Gasteiger partial charge in [0.2, 0.25) is 0 Å². The normalized spacial score (nSPS) is 11.3. The highest BCUT2D eigenvalue weighted by Crippen LogP contribution is 2.25. The molecular formula is C16H19BrClN3O2. The van der Waals surface area contributed by atoms with Crippen molar-refractivity contribution < 1.29 is 9.53 Å². The summed E-state index contributed by atoms with van der Waals surface area (Å²) < 4.78 is 8.06. The molecule has 23 heavy (non-hydrogen) atoms. The number of ether oxygens (including phenoxy) is 1. The molecule has 1 amide bonds. The summed E-state index contributed by atoms with van der Waals surface area (Å²) in [7, 11) is 0. The third-order valence-electron chi connectivity index (χ3n) is 2.93. The highest BCUT2D eigenvalue weighted by atomic mass is 79.9. The number of amides is 1. The van der Waals surface area contributed by atoms with E-state index in [9.17, 15) is 4.79 Å². The molecule has 0 radical (unpaired) electrons. The van der Waals surface area contributed by atoms with E-state index in [1.165, 1.54) is 0 Å². The van der Waals surface area contributed by atoms with Crippen molar-refractivity contribution in [2.24, 2.45) is 0 Å². The Kier molecular flexibility index (Phi) is 5.70. The molecule has 0 spiro atoms. The molecule has 0 saturated carbocycles. The molecule has 124 valence electrons. The molecule has 5 nitrogen and oxygen atoms in total. The van der Waals surface area contributed by atoms with Crippen molar-refractivity contribution in [3.05, 3.63) is 45.9 Å². The molecule has 0 atom stereocenters. The monoisotopic (exact) mass is 399 g/mol. The van der Waals surface area contributed by atoms with Crippen molar-refractivity contribution in [1.82, 2.24) is 14.9 Å².